The van der Waals surface area contributed by atoms with Crippen LogP contribution in [0.5, 0.6) is 0 Å². The summed E-state index contributed by atoms with van der Waals surface area (Å²) in [5.74, 6) is 0.0968. The third-order valence-electron chi connectivity index (χ3n) is 4.59. The van der Waals surface area contributed by atoms with Gasteiger partial charge in [-0.05, 0) is 12.1 Å². The topological polar surface area (TPSA) is 65.1 Å². The summed E-state index contributed by atoms with van der Waals surface area (Å²) in [6.45, 7) is 1.61. The number of halogens is 3. The van der Waals surface area contributed by atoms with Crippen LogP contribution >= 0.6 is 0 Å². The number of H-pyrrole nitrogens is 1. The minimum Gasteiger partial charge on any atom is -0.353 e. The Morgan fingerprint density at radius 2 is 1.78 bits per heavy atom. The lowest BCUT2D eigenvalue weighted by Gasteiger charge is -2.35. The highest BCUT2D eigenvalue weighted by Crippen LogP contribution is 2.29. The highest BCUT2D eigenvalue weighted by atomic mass is 19.4. The maximum absolute atomic E-state index is 12.8. The van der Waals surface area contributed by atoms with Crippen molar-refractivity contribution in [2.45, 2.75) is 6.18 Å². The largest absolute Gasteiger partial charge is 0.433 e. The molecule has 1 aliphatic heterocycles. The van der Waals surface area contributed by atoms with Crippen LogP contribution in [0, 0.1) is 0 Å². The van der Waals surface area contributed by atoms with E-state index in [1.807, 2.05) is 30.3 Å². The van der Waals surface area contributed by atoms with Gasteiger partial charge in [0, 0.05) is 43.1 Å². The van der Waals surface area contributed by atoms with Crippen LogP contribution in [0.1, 0.15) is 16.2 Å². The van der Waals surface area contributed by atoms with Crippen molar-refractivity contribution in [3.05, 3.63) is 54.1 Å². The molecule has 0 spiro atoms. The molecular formula is C18H16F3N5O. The van der Waals surface area contributed by atoms with Crippen molar-refractivity contribution in [3.63, 3.8) is 0 Å². The van der Waals surface area contributed by atoms with Crippen LogP contribution in [0.3, 0.4) is 0 Å². The number of nitrogens with one attached hydrogen (secondary N) is 1. The van der Waals surface area contributed by atoms with Gasteiger partial charge in [-0.25, -0.2) is 9.97 Å². The van der Waals surface area contributed by atoms with E-state index < -0.39 is 11.9 Å². The lowest BCUT2D eigenvalue weighted by molar-refractivity contribution is -0.141. The molecule has 0 unspecified atom stereocenters. The number of carbonyl (C=O) groups excluding carboxylic acids is 1. The molecule has 9 heteroatoms. The molecule has 6 nitrogen and oxygen atoms in total. The standard InChI is InChI=1S/C18H16F3N5O/c19-18(20,21)15-10-16(23-11-22-15)25-5-7-26(8-6-25)17(27)14-9-12-3-1-2-4-13(12)24-14/h1-4,9-11,24H,5-8H2. The Balaban J connectivity index is 1.45. The number of amides is 1. The summed E-state index contributed by atoms with van der Waals surface area (Å²) in [7, 11) is 0. The van der Waals surface area contributed by atoms with Gasteiger partial charge in [0.2, 0.25) is 0 Å². The SMILES string of the molecule is O=C(c1cc2ccccc2[nH]1)N1CCN(c2cc(C(F)(F)F)ncn2)CC1. The van der Waals surface area contributed by atoms with Crippen LogP contribution in [0.2, 0.25) is 0 Å². The third-order valence-corrected chi connectivity index (χ3v) is 4.59. The van der Waals surface area contributed by atoms with Gasteiger partial charge in [-0.3, -0.25) is 4.79 Å². The fourth-order valence-electron chi connectivity index (χ4n) is 3.17. The number of piperazine rings is 1. The first-order chi connectivity index (χ1) is 12.9. The summed E-state index contributed by atoms with van der Waals surface area (Å²) < 4.78 is 38.4. The zero-order valence-corrected chi connectivity index (χ0v) is 14.2. The van der Waals surface area contributed by atoms with E-state index in [4.69, 9.17) is 0 Å². The van der Waals surface area contributed by atoms with E-state index in [1.54, 1.807) is 9.80 Å². The van der Waals surface area contributed by atoms with Crippen LogP contribution in [0.25, 0.3) is 10.9 Å². The molecule has 0 atom stereocenters. The lowest BCUT2D eigenvalue weighted by Crippen LogP contribution is -2.49. The Morgan fingerprint density at radius 1 is 1.04 bits per heavy atom. The van der Waals surface area contributed by atoms with E-state index in [9.17, 15) is 18.0 Å². The number of para-hydroxylation sites is 1. The molecular weight excluding hydrogens is 359 g/mol. The smallest absolute Gasteiger partial charge is 0.353 e. The van der Waals surface area contributed by atoms with Gasteiger partial charge in [-0.1, -0.05) is 18.2 Å². The third kappa shape index (κ3) is 3.44. The second-order valence-electron chi connectivity index (χ2n) is 6.31. The summed E-state index contributed by atoms with van der Waals surface area (Å²) in [5.41, 5.74) is 0.426. The summed E-state index contributed by atoms with van der Waals surface area (Å²) in [5, 5.41) is 0.958. The summed E-state index contributed by atoms with van der Waals surface area (Å²) in [6, 6.07) is 10.4. The number of hydrogen-bond acceptors (Lipinski definition) is 4. The van der Waals surface area contributed by atoms with Crippen LogP contribution in [-0.4, -0.2) is 51.9 Å². The van der Waals surface area contributed by atoms with Gasteiger partial charge in [-0.2, -0.15) is 13.2 Å². The average Bonchev–Trinajstić information content (AvgIpc) is 3.11. The molecule has 1 fully saturated rings. The average molecular weight is 375 g/mol. The fraction of sp³-hybridized carbons (Fsp3) is 0.278. The van der Waals surface area contributed by atoms with E-state index in [0.717, 1.165) is 23.3 Å². The maximum Gasteiger partial charge on any atom is 0.433 e. The minimum absolute atomic E-state index is 0.121. The molecule has 1 saturated heterocycles. The number of nitrogens with zero attached hydrogens (tertiary/aromatic N) is 4. The predicted molar refractivity (Wildman–Crippen MR) is 93.4 cm³/mol. The molecule has 2 aromatic heterocycles. The van der Waals surface area contributed by atoms with E-state index >= 15 is 0 Å². The Labute approximate surface area is 152 Å². The van der Waals surface area contributed by atoms with E-state index in [-0.39, 0.29) is 11.7 Å². The number of aromatic nitrogens is 3. The first-order valence-corrected chi connectivity index (χ1v) is 8.43. The van der Waals surface area contributed by atoms with Crippen LogP contribution < -0.4 is 4.90 Å². The molecule has 0 aliphatic carbocycles. The van der Waals surface area contributed by atoms with Gasteiger partial charge in [0.05, 0.1) is 0 Å². The quantitative estimate of drug-likeness (QED) is 0.748. The van der Waals surface area contributed by atoms with Crippen molar-refractivity contribution in [3.8, 4) is 0 Å². The van der Waals surface area contributed by atoms with Gasteiger partial charge < -0.3 is 14.8 Å². The molecule has 3 heterocycles. The van der Waals surface area contributed by atoms with Crippen molar-refractivity contribution in [2.24, 2.45) is 0 Å². The highest BCUT2D eigenvalue weighted by molar-refractivity contribution is 5.98. The van der Waals surface area contributed by atoms with Crippen molar-refractivity contribution in [2.75, 3.05) is 31.1 Å². The second kappa shape index (κ2) is 6.57. The van der Waals surface area contributed by atoms with Crippen molar-refractivity contribution in [1.29, 1.82) is 0 Å². The van der Waals surface area contributed by atoms with Gasteiger partial charge in [0.15, 0.2) is 0 Å². The first kappa shape index (κ1) is 17.3. The first-order valence-electron chi connectivity index (χ1n) is 8.43. The molecule has 3 aromatic rings. The molecule has 1 aromatic carbocycles. The van der Waals surface area contributed by atoms with E-state index in [2.05, 4.69) is 15.0 Å². The Hall–Kier alpha value is -3.10. The van der Waals surface area contributed by atoms with Gasteiger partial charge in [-0.15, -0.1) is 0 Å². The normalized spacial score (nSPS) is 15.4. The number of carbonyl (C=O) groups is 1. The summed E-state index contributed by atoms with van der Waals surface area (Å²) in [6.07, 6.45) is -3.59. The molecule has 0 bridgehead atoms. The van der Waals surface area contributed by atoms with Crippen LogP contribution in [0.4, 0.5) is 19.0 Å². The van der Waals surface area contributed by atoms with Gasteiger partial charge in [0.1, 0.15) is 23.5 Å². The van der Waals surface area contributed by atoms with Gasteiger partial charge >= 0.3 is 6.18 Å². The molecule has 27 heavy (non-hydrogen) atoms. The monoisotopic (exact) mass is 375 g/mol. The zero-order valence-electron chi connectivity index (χ0n) is 14.2. The fourth-order valence-corrected chi connectivity index (χ4v) is 3.17. The maximum atomic E-state index is 12.8. The molecule has 1 aliphatic rings. The van der Waals surface area contributed by atoms with Gasteiger partial charge in [0.25, 0.3) is 5.91 Å². The molecule has 0 radical (unpaired) electrons. The summed E-state index contributed by atoms with van der Waals surface area (Å²) >= 11 is 0. The molecule has 1 N–H and O–H groups in total. The van der Waals surface area contributed by atoms with Crippen molar-refractivity contribution < 1.29 is 18.0 Å². The number of fused-ring (bicyclic) bond motifs is 1. The zero-order chi connectivity index (χ0) is 19.0. The Kier molecular flexibility index (Phi) is 4.21. The van der Waals surface area contributed by atoms with Crippen LogP contribution in [-0.2, 0) is 6.18 Å². The Morgan fingerprint density at radius 3 is 2.48 bits per heavy atom. The lowest BCUT2D eigenvalue weighted by atomic mass is 10.2. The highest BCUT2D eigenvalue weighted by Gasteiger charge is 2.33. The number of alkyl halides is 3. The molecule has 0 saturated carbocycles. The Bertz CT molecular complexity index is 943. The number of anilines is 1. The number of rotatable bonds is 2. The predicted octanol–water partition coefficient (Wildman–Crippen LogP) is 2.94. The van der Waals surface area contributed by atoms with Crippen molar-refractivity contribution in [1.82, 2.24) is 19.9 Å². The molecule has 4 rings (SSSR count). The number of benzene rings is 1. The number of aromatic amines is 1. The second-order valence-corrected chi connectivity index (χ2v) is 6.31. The molecule has 140 valence electrons. The summed E-state index contributed by atoms with van der Waals surface area (Å²) in [4.78, 5) is 26.4. The van der Waals surface area contributed by atoms with E-state index in [0.29, 0.717) is 31.9 Å². The minimum atomic E-state index is -4.51. The van der Waals surface area contributed by atoms with Crippen molar-refractivity contribution >= 4 is 22.6 Å². The van der Waals surface area contributed by atoms with Crippen LogP contribution in [0.15, 0.2) is 42.7 Å². The number of hydrogen-bond donors (Lipinski definition) is 1. The molecule has 1 amide bonds. The van der Waals surface area contributed by atoms with E-state index in [1.165, 1.54) is 0 Å².